The lowest BCUT2D eigenvalue weighted by Gasteiger charge is -2.31. The molecule has 0 radical (unpaired) electrons. The van der Waals surface area contributed by atoms with E-state index in [-0.39, 0.29) is 0 Å². The molecule has 0 amide bonds. The molecule has 0 bridgehead atoms. The van der Waals surface area contributed by atoms with Gasteiger partial charge in [-0.15, -0.1) is 0 Å². The van der Waals surface area contributed by atoms with Crippen LogP contribution in [0.5, 0.6) is 0 Å². The van der Waals surface area contributed by atoms with Gasteiger partial charge in [-0.2, -0.15) is 0 Å². The number of piperidine rings is 1. The van der Waals surface area contributed by atoms with E-state index >= 15 is 0 Å². The van der Waals surface area contributed by atoms with Gasteiger partial charge in [0.25, 0.3) is 0 Å². The van der Waals surface area contributed by atoms with E-state index in [0.29, 0.717) is 0 Å². The third-order valence-electron chi connectivity index (χ3n) is 3.53. The Kier molecular flexibility index (Phi) is 3.79. The molecule has 2 rings (SSSR count). The Morgan fingerprint density at radius 2 is 2.07 bits per heavy atom. The van der Waals surface area contributed by atoms with Crippen LogP contribution in [0.3, 0.4) is 0 Å². The average Bonchev–Trinajstić information content (AvgIpc) is 2.58. The quantitative estimate of drug-likeness (QED) is 0.666. The van der Waals surface area contributed by atoms with Crippen LogP contribution in [-0.2, 0) is 0 Å². The van der Waals surface area contributed by atoms with E-state index in [2.05, 4.69) is 42.2 Å². The van der Waals surface area contributed by atoms with Gasteiger partial charge in [0, 0.05) is 0 Å². The number of rotatable bonds is 2. The molecule has 1 heterocycles. The zero-order valence-corrected chi connectivity index (χ0v) is 9.65. The fourth-order valence-electron chi connectivity index (χ4n) is 2.48. The Morgan fingerprint density at radius 3 is 2.80 bits per heavy atom. The van der Waals surface area contributed by atoms with Crippen LogP contribution in [-0.4, -0.2) is 24.5 Å². The summed E-state index contributed by atoms with van der Waals surface area (Å²) in [5.41, 5.74) is 1.57. The second-order valence-electron chi connectivity index (χ2n) is 4.44. The van der Waals surface area contributed by atoms with Crippen molar-refractivity contribution in [3.05, 3.63) is 36.0 Å². The summed E-state index contributed by atoms with van der Waals surface area (Å²) in [5, 5.41) is 0. The van der Waals surface area contributed by atoms with Crippen LogP contribution in [0.4, 0.5) is 0 Å². The summed E-state index contributed by atoms with van der Waals surface area (Å²) in [6.07, 6.45) is 15.0. The van der Waals surface area contributed by atoms with E-state index < -0.39 is 0 Å². The third kappa shape index (κ3) is 2.82. The lowest BCUT2D eigenvalue weighted by molar-refractivity contribution is 0.209. The van der Waals surface area contributed by atoms with Gasteiger partial charge in [0.05, 0.1) is 0 Å². The molecule has 1 aliphatic carbocycles. The predicted molar refractivity (Wildman–Crippen MR) is 65.8 cm³/mol. The summed E-state index contributed by atoms with van der Waals surface area (Å²) in [6, 6.07) is 0. The second kappa shape index (κ2) is 5.32. The molecule has 0 spiro atoms. The maximum Gasteiger partial charge on any atom is -0.00130 e. The molecule has 82 valence electrons. The fraction of sp³-hybridized carbons (Fsp3) is 0.571. The largest absolute Gasteiger partial charge is 0.304 e. The van der Waals surface area contributed by atoms with Crippen molar-refractivity contribution in [2.75, 3.05) is 19.6 Å². The van der Waals surface area contributed by atoms with Crippen LogP contribution in [0, 0.1) is 5.92 Å². The maximum atomic E-state index is 2.55. The minimum Gasteiger partial charge on any atom is -0.304 e. The molecule has 1 aliphatic heterocycles. The van der Waals surface area contributed by atoms with E-state index in [1.165, 1.54) is 32.5 Å². The first kappa shape index (κ1) is 10.7. The van der Waals surface area contributed by atoms with Crippen molar-refractivity contribution >= 4 is 0 Å². The lowest BCUT2D eigenvalue weighted by atomic mass is 9.88. The molecule has 15 heavy (non-hydrogen) atoms. The topological polar surface area (TPSA) is 3.24 Å². The molecule has 0 saturated carbocycles. The summed E-state index contributed by atoms with van der Waals surface area (Å²) < 4.78 is 0. The van der Waals surface area contributed by atoms with Crippen molar-refractivity contribution in [1.29, 1.82) is 0 Å². The molecule has 0 unspecified atom stereocenters. The summed E-state index contributed by atoms with van der Waals surface area (Å²) >= 11 is 0. The van der Waals surface area contributed by atoms with Crippen molar-refractivity contribution in [2.24, 2.45) is 5.92 Å². The van der Waals surface area contributed by atoms with Crippen LogP contribution in [0.25, 0.3) is 0 Å². The summed E-state index contributed by atoms with van der Waals surface area (Å²) in [4.78, 5) is 2.55. The molecule has 1 fully saturated rings. The summed E-state index contributed by atoms with van der Waals surface area (Å²) in [5.74, 6) is 0.809. The molecule has 1 saturated heterocycles. The van der Waals surface area contributed by atoms with Crippen molar-refractivity contribution in [1.82, 2.24) is 4.90 Å². The molecule has 0 atom stereocenters. The molecular weight excluding hydrogens is 182 g/mol. The van der Waals surface area contributed by atoms with Gasteiger partial charge in [-0.05, 0) is 50.4 Å². The first-order valence-electron chi connectivity index (χ1n) is 6.15. The highest BCUT2D eigenvalue weighted by Crippen LogP contribution is 2.26. The minimum atomic E-state index is 0.809. The number of hydrogen-bond acceptors (Lipinski definition) is 1. The molecule has 0 N–H and O–H groups in total. The second-order valence-corrected chi connectivity index (χ2v) is 4.44. The van der Waals surface area contributed by atoms with Gasteiger partial charge in [-0.25, -0.2) is 0 Å². The van der Waals surface area contributed by atoms with Gasteiger partial charge in [-0.3, -0.25) is 0 Å². The zero-order chi connectivity index (χ0) is 10.5. The van der Waals surface area contributed by atoms with Crippen molar-refractivity contribution < 1.29 is 0 Å². The van der Waals surface area contributed by atoms with E-state index in [9.17, 15) is 0 Å². The standard InChI is InChI=1S/C14H21N/c1-2-15-11-9-14(10-12-15)13-7-5-3-4-6-8-13/h3-5,7-8,14H,2,6,9-12H2,1H3. The Morgan fingerprint density at radius 1 is 1.27 bits per heavy atom. The Bertz CT molecular complexity index is 278. The molecule has 0 aromatic carbocycles. The van der Waals surface area contributed by atoms with Gasteiger partial charge in [0.2, 0.25) is 0 Å². The Labute approximate surface area is 93.2 Å². The van der Waals surface area contributed by atoms with E-state index in [0.717, 1.165) is 12.3 Å². The van der Waals surface area contributed by atoms with Gasteiger partial charge in [0.15, 0.2) is 0 Å². The van der Waals surface area contributed by atoms with Gasteiger partial charge < -0.3 is 4.90 Å². The highest BCUT2D eigenvalue weighted by molar-refractivity contribution is 5.28. The zero-order valence-electron chi connectivity index (χ0n) is 9.65. The lowest BCUT2D eigenvalue weighted by Crippen LogP contribution is -2.33. The van der Waals surface area contributed by atoms with Crippen molar-refractivity contribution in [2.45, 2.75) is 26.2 Å². The molecule has 2 aliphatic rings. The Balaban J connectivity index is 1.92. The third-order valence-corrected chi connectivity index (χ3v) is 3.53. The number of hydrogen-bond donors (Lipinski definition) is 0. The Hall–Kier alpha value is -0.820. The van der Waals surface area contributed by atoms with E-state index in [1.54, 1.807) is 5.57 Å². The van der Waals surface area contributed by atoms with Crippen molar-refractivity contribution in [3.63, 3.8) is 0 Å². The molecule has 1 heteroatoms. The first-order valence-corrected chi connectivity index (χ1v) is 6.15. The van der Waals surface area contributed by atoms with Gasteiger partial charge in [0.1, 0.15) is 0 Å². The van der Waals surface area contributed by atoms with Crippen LogP contribution < -0.4 is 0 Å². The maximum absolute atomic E-state index is 2.55. The van der Waals surface area contributed by atoms with Crippen molar-refractivity contribution in [3.8, 4) is 0 Å². The number of nitrogens with zero attached hydrogens (tertiary/aromatic N) is 1. The SMILES string of the molecule is CCN1CCC(C2=CCC=CC=C2)CC1. The van der Waals surface area contributed by atoms with Gasteiger partial charge in [-0.1, -0.05) is 37.3 Å². The summed E-state index contributed by atoms with van der Waals surface area (Å²) in [6.45, 7) is 6.03. The first-order chi connectivity index (χ1) is 7.40. The molecule has 0 aromatic heterocycles. The monoisotopic (exact) mass is 203 g/mol. The fourth-order valence-corrected chi connectivity index (χ4v) is 2.48. The highest BCUT2D eigenvalue weighted by Gasteiger charge is 2.19. The number of likely N-dealkylation sites (tertiary alicyclic amines) is 1. The molecule has 1 nitrogen and oxygen atoms in total. The highest BCUT2D eigenvalue weighted by atomic mass is 15.1. The predicted octanol–water partition coefficient (Wildman–Crippen LogP) is 3.16. The van der Waals surface area contributed by atoms with E-state index in [1.807, 2.05) is 0 Å². The smallest absolute Gasteiger partial charge is 0.00130 e. The molecular formula is C14H21N. The van der Waals surface area contributed by atoms with Crippen LogP contribution in [0.2, 0.25) is 0 Å². The van der Waals surface area contributed by atoms with Crippen LogP contribution in [0.15, 0.2) is 36.0 Å². The van der Waals surface area contributed by atoms with Crippen LogP contribution >= 0.6 is 0 Å². The van der Waals surface area contributed by atoms with Gasteiger partial charge >= 0.3 is 0 Å². The van der Waals surface area contributed by atoms with Crippen LogP contribution in [0.1, 0.15) is 26.2 Å². The van der Waals surface area contributed by atoms with E-state index in [4.69, 9.17) is 0 Å². The summed E-state index contributed by atoms with van der Waals surface area (Å²) in [7, 11) is 0. The minimum absolute atomic E-state index is 0.809. The average molecular weight is 203 g/mol. The molecule has 0 aromatic rings. The number of allylic oxidation sites excluding steroid dienone is 6. The normalized spacial score (nSPS) is 23.9.